The van der Waals surface area contributed by atoms with Crippen molar-refractivity contribution < 1.29 is 9.59 Å². The van der Waals surface area contributed by atoms with Crippen molar-refractivity contribution in [2.24, 2.45) is 0 Å². The van der Waals surface area contributed by atoms with E-state index in [9.17, 15) is 9.59 Å². The highest BCUT2D eigenvalue weighted by molar-refractivity contribution is 5.82. The average molecular weight is 416 g/mol. The Kier molecular flexibility index (Phi) is 17.9. The molecule has 0 bridgehead atoms. The van der Waals surface area contributed by atoms with Crippen molar-refractivity contribution in [1.82, 2.24) is 37.2 Å². The number of amides is 2. The lowest BCUT2D eigenvalue weighted by molar-refractivity contribution is -0.123. The highest BCUT2D eigenvalue weighted by atomic mass is 16.2. The number of carbonyl (C=O) groups excluding carboxylic acids is 2. The fraction of sp³-hybridized carbons (Fsp3) is 0.900. The summed E-state index contributed by atoms with van der Waals surface area (Å²) in [7, 11) is 9.38. The zero-order valence-electron chi connectivity index (χ0n) is 19.1. The third-order valence-electron chi connectivity index (χ3n) is 5.13. The Balaban J connectivity index is 4.14. The topological polar surface area (TPSA) is 118 Å². The van der Waals surface area contributed by atoms with Crippen molar-refractivity contribution in [2.45, 2.75) is 56.7 Å². The number of hydrogen-bond donors (Lipinski definition) is 7. The molecule has 9 nitrogen and oxygen atoms in total. The summed E-state index contributed by atoms with van der Waals surface area (Å²) in [6, 6.07) is -0.156. The molecule has 2 amide bonds. The molecule has 172 valence electrons. The molecule has 9 heteroatoms. The molecule has 0 aliphatic carbocycles. The summed E-state index contributed by atoms with van der Waals surface area (Å²) in [6.07, 6.45) is 5.24. The molecular formula is C20H45N7O2. The van der Waals surface area contributed by atoms with Gasteiger partial charge in [0.05, 0.1) is 12.1 Å². The predicted molar refractivity (Wildman–Crippen MR) is 120 cm³/mol. The van der Waals surface area contributed by atoms with E-state index in [4.69, 9.17) is 0 Å². The van der Waals surface area contributed by atoms with Crippen LogP contribution >= 0.6 is 0 Å². The first-order valence-electron chi connectivity index (χ1n) is 10.9. The van der Waals surface area contributed by atoms with Crippen LogP contribution in [0.4, 0.5) is 0 Å². The second kappa shape index (κ2) is 18.7. The summed E-state index contributed by atoms with van der Waals surface area (Å²) in [6.45, 7) is 3.05. The van der Waals surface area contributed by atoms with Crippen molar-refractivity contribution in [2.75, 3.05) is 61.4 Å². The molecule has 0 unspecified atom stereocenters. The molecule has 0 aliphatic rings. The van der Waals surface area contributed by atoms with E-state index in [1.54, 1.807) is 7.05 Å². The van der Waals surface area contributed by atoms with Crippen LogP contribution in [0.25, 0.3) is 0 Å². The van der Waals surface area contributed by atoms with E-state index < -0.39 is 0 Å². The maximum absolute atomic E-state index is 12.4. The van der Waals surface area contributed by atoms with Gasteiger partial charge < -0.3 is 37.2 Å². The Morgan fingerprint density at radius 3 is 1.59 bits per heavy atom. The lowest BCUT2D eigenvalue weighted by Gasteiger charge is -2.21. The van der Waals surface area contributed by atoms with Crippen LogP contribution in [0.3, 0.4) is 0 Å². The van der Waals surface area contributed by atoms with Gasteiger partial charge in [-0.25, -0.2) is 0 Å². The van der Waals surface area contributed by atoms with Gasteiger partial charge in [-0.05, 0) is 86.9 Å². The Morgan fingerprint density at radius 2 is 1.10 bits per heavy atom. The molecule has 0 rings (SSSR count). The van der Waals surface area contributed by atoms with Gasteiger partial charge in [-0.15, -0.1) is 0 Å². The molecule has 7 N–H and O–H groups in total. The van der Waals surface area contributed by atoms with Crippen molar-refractivity contribution in [3.63, 3.8) is 0 Å². The molecule has 0 aromatic rings. The largest absolute Gasteiger partial charge is 0.355 e. The van der Waals surface area contributed by atoms with E-state index in [-0.39, 0.29) is 29.9 Å². The van der Waals surface area contributed by atoms with Crippen LogP contribution < -0.4 is 37.2 Å². The fourth-order valence-corrected chi connectivity index (χ4v) is 3.16. The van der Waals surface area contributed by atoms with E-state index in [2.05, 4.69) is 37.2 Å². The van der Waals surface area contributed by atoms with Gasteiger partial charge in [0, 0.05) is 19.1 Å². The standard InChI is InChI=1S/C20H45N7O2/c1-21-12-6-9-16(23-3)15-27-20(29)18(25-5)11-8-14-26-19(28)17(24-4)10-7-13-22-2/h16-18,21-25H,6-15H2,1-5H3,(H,26,28)(H,27,29)/t16-,17+,18-/m0/s1. The monoisotopic (exact) mass is 415 g/mol. The number of hydrogen-bond acceptors (Lipinski definition) is 7. The Labute approximate surface area is 177 Å². The van der Waals surface area contributed by atoms with Crippen LogP contribution in [0.15, 0.2) is 0 Å². The van der Waals surface area contributed by atoms with Gasteiger partial charge in [0.15, 0.2) is 0 Å². The maximum Gasteiger partial charge on any atom is 0.237 e. The van der Waals surface area contributed by atoms with Gasteiger partial charge in [-0.2, -0.15) is 0 Å². The molecule has 0 aromatic carbocycles. The van der Waals surface area contributed by atoms with Crippen LogP contribution in [0, 0.1) is 0 Å². The van der Waals surface area contributed by atoms with Gasteiger partial charge in [0.1, 0.15) is 0 Å². The minimum absolute atomic E-state index is 0.00728. The third kappa shape index (κ3) is 13.6. The summed E-state index contributed by atoms with van der Waals surface area (Å²) in [5, 5.41) is 21.6. The second-order valence-electron chi connectivity index (χ2n) is 7.34. The van der Waals surface area contributed by atoms with Crippen molar-refractivity contribution >= 4 is 11.8 Å². The molecule has 0 aromatic heterocycles. The minimum Gasteiger partial charge on any atom is -0.355 e. The number of nitrogens with one attached hydrogen (secondary N) is 7. The quantitative estimate of drug-likeness (QED) is 0.132. The molecule has 3 atom stereocenters. The smallest absolute Gasteiger partial charge is 0.237 e. The zero-order chi connectivity index (χ0) is 21.9. The normalized spacial score (nSPS) is 14.2. The molecule has 0 saturated carbocycles. The minimum atomic E-state index is -0.252. The Hall–Kier alpha value is -1.26. The van der Waals surface area contributed by atoms with E-state index in [0.717, 1.165) is 45.2 Å². The SMILES string of the molecule is CNCCC[C@@H](CNC(=O)[C@H](CCCNC(=O)[C@@H](CCCNC)NC)NC)NC. The van der Waals surface area contributed by atoms with Gasteiger partial charge in [-0.1, -0.05) is 0 Å². The Morgan fingerprint density at radius 1 is 0.621 bits per heavy atom. The number of likely N-dealkylation sites (N-methyl/N-ethyl adjacent to an activating group) is 3. The summed E-state index contributed by atoms with van der Waals surface area (Å²) in [5.74, 6) is 0.0281. The highest BCUT2D eigenvalue weighted by Crippen LogP contribution is 2.00. The summed E-state index contributed by atoms with van der Waals surface area (Å²) >= 11 is 0. The molecule has 0 radical (unpaired) electrons. The summed E-state index contributed by atoms with van der Waals surface area (Å²) < 4.78 is 0. The molecule has 29 heavy (non-hydrogen) atoms. The first kappa shape index (κ1) is 27.7. The van der Waals surface area contributed by atoms with Crippen molar-refractivity contribution in [3.05, 3.63) is 0 Å². The van der Waals surface area contributed by atoms with Crippen molar-refractivity contribution in [1.29, 1.82) is 0 Å². The first-order chi connectivity index (χ1) is 14.0. The molecule has 0 fully saturated rings. The fourth-order valence-electron chi connectivity index (χ4n) is 3.16. The lowest BCUT2D eigenvalue weighted by atomic mass is 10.1. The van der Waals surface area contributed by atoms with E-state index in [0.29, 0.717) is 19.5 Å². The van der Waals surface area contributed by atoms with Crippen LogP contribution in [0.2, 0.25) is 0 Å². The second-order valence-corrected chi connectivity index (χ2v) is 7.34. The van der Waals surface area contributed by atoms with Crippen LogP contribution in [0.5, 0.6) is 0 Å². The first-order valence-corrected chi connectivity index (χ1v) is 10.9. The molecular weight excluding hydrogens is 370 g/mol. The van der Waals surface area contributed by atoms with Gasteiger partial charge >= 0.3 is 0 Å². The van der Waals surface area contributed by atoms with Gasteiger partial charge in [-0.3, -0.25) is 9.59 Å². The average Bonchev–Trinajstić information content (AvgIpc) is 2.73. The molecule has 0 aliphatic heterocycles. The third-order valence-corrected chi connectivity index (χ3v) is 5.13. The predicted octanol–water partition coefficient (Wildman–Crippen LogP) is -1.24. The van der Waals surface area contributed by atoms with Crippen LogP contribution in [-0.2, 0) is 9.59 Å². The van der Waals surface area contributed by atoms with Crippen LogP contribution in [0.1, 0.15) is 38.5 Å². The number of carbonyl (C=O) groups is 2. The number of rotatable bonds is 19. The van der Waals surface area contributed by atoms with Crippen molar-refractivity contribution in [3.8, 4) is 0 Å². The van der Waals surface area contributed by atoms with Crippen LogP contribution in [-0.4, -0.2) is 91.4 Å². The molecule has 0 saturated heterocycles. The lowest BCUT2D eigenvalue weighted by Crippen LogP contribution is -2.47. The Bertz CT molecular complexity index is 424. The molecule has 0 spiro atoms. The maximum atomic E-state index is 12.4. The van der Waals surface area contributed by atoms with E-state index in [1.165, 1.54) is 0 Å². The molecule has 0 heterocycles. The summed E-state index contributed by atoms with van der Waals surface area (Å²) in [4.78, 5) is 24.7. The van der Waals surface area contributed by atoms with Gasteiger partial charge in [0.2, 0.25) is 11.8 Å². The van der Waals surface area contributed by atoms with E-state index in [1.807, 2.05) is 28.2 Å². The highest BCUT2D eigenvalue weighted by Gasteiger charge is 2.18. The van der Waals surface area contributed by atoms with Gasteiger partial charge in [0.25, 0.3) is 0 Å². The summed E-state index contributed by atoms with van der Waals surface area (Å²) in [5.41, 5.74) is 0. The van der Waals surface area contributed by atoms with E-state index >= 15 is 0 Å². The zero-order valence-corrected chi connectivity index (χ0v) is 19.1.